The highest BCUT2D eigenvalue weighted by Gasteiger charge is 2.52. The molecule has 0 amide bonds. The zero-order chi connectivity index (χ0) is 15.0. The molecule has 0 aromatic heterocycles. The van der Waals surface area contributed by atoms with Crippen LogP contribution in [0, 0.1) is 16.7 Å². The van der Waals surface area contributed by atoms with E-state index in [0.717, 1.165) is 6.42 Å². The quantitative estimate of drug-likeness (QED) is 0.782. The number of esters is 1. The van der Waals surface area contributed by atoms with E-state index < -0.39 is 11.4 Å². The zero-order valence-corrected chi connectivity index (χ0v) is 11.8. The molecule has 3 rings (SSSR count). The number of fused-ring (bicyclic) bond motifs is 2. The third kappa shape index (κ3) is 1.74. The molecule has 1 aromatic carbocycles. The van der Waals surface area contributed by atoms with Crippen LogP contribution < -0.4 is 0 Å². The number of carbonyl (C=O) groups excluding carboxylic acids is 2. The number of allylic oxidation sites excluding steroid dienone is 1. The minimum atomic E-state index is -1.17. The van der Waals surface area contributed by atoms with Crippen LogP contribution in [0.2, 0.25) is 0 Å². The van der Waals surface area contributed by atoms with Gasteiger partial charge in [0, 0.05) is 5.56 Å². The lowest BCUT2D eigenvalue weighted by Crippen LogP contribution is -2.34. The molecule has 2 aliphatic rings. The van der Waals surface area contributed by atoms with Crippen LogP contribution in [-0.4, -0.2) is 18.4 Å². The number of nitrogens with zero attached hydrogens (tertiary/aromatic N) is 1. The summed E-state index contributed by atoms with van der Waals surface area (Å²) in [7, 11) is 0. The number of carbonyl (C=O) groups is 2. The Kier molecular flexibility index (Phi) is 3.13. The number of nitriles is 1. The van der Waals surface area contributed by atoms with Crippen LogP contribution in [-0.2, 0) is 9.53 Å². The molecule has 2 aliphatic carbocycles. The monoisotopic (exact) mass is 281 g/mol. The van der Waals surface area contributed by atoms with Crippen molar-refractivity contribution >= 4 is 17.3 Å². The van der Waals surface area contributed by atoms with Gasteiger partial charge in [-0.3, -0.25) is 4.79 Å². The molecule has 1 aromatic rings. The van der Waals surface area contributed by atoms with Gasteiger partial charge < -0.3 is 4.74 Å². The van der Waals surface area contributed by atoms with Crippen molar-refractivity contribution < 1.29 is 14.3 Å². The molecule has 0 N–H and O–H groups in total. The Morgan fingerprint density at radius 3 is 2.76 bits per heavy atom. The second-order valence-corrected chi connectivity index (χ2v) is 5.32. The van der Waals surface area contributed by atoms with Gasteiger partial charge in [0.2, 0.25) is 0 Å². The Morgan fingerprint density at radius 1 is 1.38 bits per heavy atom. The van der Waals surface area contributed by atoms with E-state index in [9.17, 15) is 14.9 Å². The molecule has 0 aliphatic heterocycles. The van der Waals surface area contributed by atoms with Crippen LogP contribution in [0.3, 0.4) is 0 Å². The third-order valence-electron chi connectivity index (χ3n) is 4.29. The Morgan fingerprint density at radius 2 is 2.10 bits per heavy atom. The summed E-state index contributed by atoms with van der Waals surface area (Å²) in [5, 5.41) is 9.62. The largest absolute Gasteiger partial charge is 0.462 e. The standard InChI is InChI=1S/C17H15NO3/c1-2-21-16(20)14-11-6-3-4-7-12(11)15(19)17(10-18)9-5-8-13(14)17/h3-4,6-7H,2,5,8-9H2,1H3. The van der Waals surface area contributed by atoms with Crippen molar-refractivity contribution in [3.63, 3.8) is 0 Å². The van der Waals surface area contributed by atoms with E-state index in [2.05, 4.69) is 6.07 Å². The van der Waals surface area contributed by atoms with E-state index >= 15 is 0 Å². The molecular formula is C17H15NO3. The van der Waals surface area contributed by atoms with Crippen molar-refractivity contribution in [1.29, 1.82) is 5.26 Å². The summed E-state index contributed by atoms with van der Waals surface area (Å²) in [6, 6.07) is 9.17. The minimum Gasteiger partial charge on any atom is -0.462 e. The Labute approximate surface area is 123 Å². The molecule has 21 heavy (non-hydrogen) atoms. The fraction of sp³-hybridized carbons (Fsp3) is 0.353. The highest BCUT2D eigenvalue weighted by molar-refractivity contribution is 6.25. The SMILES string of the molecule is CCOC(=O)C1=C2CCCC2(C#N)C(=O)c2ccccc21. The van der Waals surface area contributed by atoms with E-state index in [0.29, 0.717) is 35.1 Å². The lowest BCUT2D eigenvalue weighted by atomic mass is 9.69. The molecule has 0 spiro atoms. The number of benzene rings is 1. The number of hydrogen-bond donors (Lipinski definition) is 0. The minimum absolute atomic E-state index is 0.179. The van der Waals surface area contributed by atoms with Gasteiger partial charge in [-0.05, 0) is 37.3 Å². The zero-order valence-electron chi connectivity index (χ0n) is 11.8. The summed E-state index contributed by atoms with van der Waals surface area (Å²) < 4.78 is 5.15. The summed E-state index contributed by atoms with van der Waals surface area (Å²) in [6.45, 7) is 2.01. The lowest BCUT2D eigenvalue weighted by molar-refractivity contribution is -0.136. The van der Waals surface area contributed by atoms with Gasteiger partial charge >= 0.3 is 5.97 Å². The fourth-order valence-corrected chi connectivity index (χ4v) is 3.39. The number of ether oxygens (including phenoxy) is 1. The van der Waals surface area contributed by atoms with Crippen molar-refractivity contribution in [2.24, 2.45) is 5.41 Å². The van der Waals surface area contributed by atoms with Gasteiger partial charge in [0.05, 0.1) is 18.2 Å². The van der Waals surface area contributed by atoms with Crippen LogP contribution in [0.15, 0.2) is 29.8 Å². The maximum atomic E-state index is 12.8. The first kappa shape index (κ1) is 13.6. The van der Waals surface area contributed by atoms with E-state index in [4.69, 9.17) is 4.74 Å². The maximum Gasteiger partial charge on any atom is 0.338 e. The summed E-state index contributed by atoms with van der Waals surface area (Å²) in [4.78, 5) is 25.1. The Balaban J connectivity index is 2.31. The molecule has 106 valence electrons. The topological polar surface area (TPSA) is 67.2 Å². The highest BCUT2D eigenvalue weighted by Crippen LogP contribution is 2.52. The number of hydrogen-bond acceptors (Lipinski definition) is 4. The van der Waals surface area contributed by atoms with Crippen molar-refractivity contribution in [2.75, 3.05) is 6.61 Å². The van der Waals surface area contributed by atoms with Crippen LogP contribution >= 0.6 is 0 Å². The molecule has 0 heterocycles. The van der Waals surface area contributed by atoms with Crippen molar-refractivity contribution in [1.82, 2.24) is 0 Å². The van der Waals surface area contributed by atoms with Gasteiger partial charge in [0.15, 0.2) is 5.78 Å². The van der Waals surface area contributed by atoms with Crippen LogP contribution in [0.1, 0.15) is 42.1 Å². The van der Waals surface area contributed by atoms with Crippen LogP contribution in [0.5, 0.6) is 0 Å². The lowest BCUT2D eigenvalue weighted by Gasteiger charge is -2.30. The average molecular weight is 281 g/mol. The smallest absolute Gasteiger partial charge is 0.338 e. The normalized spacial score (nSPS) is 23.3. The van der Waals surface area contributed by atoms with E-state index in [1.807, 2.05) is 0 Å². The van der Waals surface area contributed by atoms with Gasteiger partial charge in [-0.25, -0.2) is 4.79 Å². The van der Waals surface area contributed by atoms with Gasteiger partial charge in [0.25, 0.3) is 0 Å². The molecule has 0 bridgehead atoms. The summed E-state index contributed by atoms with van der Waals surface area (Å²) in [5.74, 6) is -0.616. The summed E-state index contributed by atoms with van der Waals surface area (Å²) >= 11 is 0. The van der Waals surface area contributed by atoms with Crippen molar-refractivity contribution in [3.8, 4) is 6.07 Å². The molecular weight excluding hydrogens is 266 g/mol. The number of ketones is 1. The second kappa shape index (κ2) is 4.85. The third-order valence-corrected chi connectivity index (χ3v) is 4.29. The number of Topliss-reactive ketones (excluding diaryl/α,β-unsaturated/α-hetero) is 1. The van der Waals surface area contributed by atoms with E-state index in [1.54, 1.807) is 31.2 Å². The second-order valence-electron chi connectivity index (χ2n) is 5.32. The molecule has 1 unspecified atom stereocenters. The van der Waals surface area contributed by atoms with Crippen LogP contribution in [0.25, 0.3) is 5.57 Å². The molecule has 4 heteroatoms. The predicted molar refractivity (Wildman–Crippen MR) is 76.2 cm³/mol. The van der Waals surface area contributed by atoms with Crippen molar-refractivity contribution in [2.45, 2.75) is 26.2 Å². The van der Waals surface area contributed by atoms with E-state index in [1.165, 1.54) is 0 Å². The average Bonchev–Trinajstić information content (AvgIpc) is 2.93. The van der Waals surface area contributed by atoms with Crippen molar-refractivity contribution in [3.05, 3.63) is 41.0 Å². The van der Waals surface area contributed by atoms with Gasteiger partial charge in [-0.1, -0.05) is 24.3 Å². The fourth-order valence-electron chi connectivity index (χ4n) is 3.39. The number of rotatable bonds is 2. The van der Waals surface area contributed by atoms with Gasteiger partial charge in [-0.2, -0.15) is 5.26 Å². The first-order chi connectivity index (χ1) is 10.2. The highest BCUT2D eigenvalue weighted by atomic mass is 16.5. The molecule has 1 saturated carbocycles. The molecule has 1 atom stereocenters. The maximum absolute atomic E-state index is 12.8. The Hall–Kier alpha value is -2.41. The molecule has 0 radical (unpaired) electrons. The predicted octanol–water partition coefficient (Wildman–Crippen LogP) is 2.89. The Bertz CT molecular complexity index is 711. The van der Waals surface area contributed by atoms with Crippen LogP contribution in [0.4, 0.5) is 0 Å². The van der Waals surface area contributed by atoms with E-state index in [-0.39, 0.29) is 12.4 Å². The van der Waals surface area contributed by atoms with Gasteiger partial charge in [0.1, 0.15) is 5.41 Å². The first-order valence-electron chi connectivity index (χ1n) is 7.12. The molecule has 4 nitrogen and oxygen atoms in total. The summed E-state index contributed by atoms with van der Waals surface area (Å²) in [5.41, 5.74) is 0.950. The summed E-state index contributed by atoms with van der Waals surface area (Å²) in [6.07, 6.45) is 1.82. The first-order valence-corrected chi connectivity index (χ1v) is 7.12. The molecule has 1 fully saturated rings. The molecule has 0 saturated heterocycles. The van der Waals surface area contributed by atoms with Gasteiger partial charge in [-0.15, -0.1) is 0 Å².